The Bertz CT molecular complexity index is 1700. The molecule has 0 radical (unpaired) electrons. The summed E-state index contributed by atoms with van der Waals surface area (Å²) < 4.78 is 94.1. The van der Waals surface area contributed by atoms with Crippen molar-refractivity contribution in [3.8, 4) is 0 Å². The van der Waals surface area contributed by atoms with E-state index < -0.39 is 92.8 Å². The Hall–Kier alpha value is -4.08. The topological polar surface area (TPSA) is 111 Å². The quantitative estimate of drug-likeness (QED) is 0.150. The van der Waals surface area contributed by atoms with E-state index in [0.29, 0.717) is 17.0 Å². The first kappa shape index (κ1) is 30.4. The summed E-state index contributed by atoms with van der Waals surface area (Å²) in [4.78, 5) is 39.6. The van der Waals surface area contributed by atoms with Crippen LogP contribution >= 0.6 is 23.2 Å². The molecule has 2 heterocycles. The van der Waals surface area contributed by atoms with Crippen molar-refractivity contribution in [2.45, 2.75) is 23.8 Å². The number of urea groups is 1. The van der Waals surface area contributed by atoms with E-state index >= 15 is 0 Å². The van der Waals surface area contributed by atoms with Crippen molar-refractivity contribution in [2.24, 2.45) is 0 Å². The number of nitrogens with one attached hydrogen (secondary N) is 3. The number of carbonyl (C=O) groups is 3. The Morgan fingerprint density at radius 3 is 2.42 bits per heavy atom. The molecule has 4 amide bonds. The van der Waals surface area contributed by atoms with Gasteiger partial charge in [-0.1, -0.05) is 23.2 Å². The van der Waals surface area contributed by atoms with Gasteiger partial charge in [0.15, 0.2) is 5.72 Å². The van der Waals surface area contributed by atoms with E-state index in [1.54, 1.807) is 0 Å². The number of carbonyl (C=O) groups excluding carboxylic acids is 3. The van der Waals surface area contributed by atoms with Gasteiger partial charge in [-0.15, -0.1) is 0 Å². The van der Waals surface area contributed by atoms with Gasteiger partial charge in [-0.25, -0.2) is 22.4 Å². The van der Waals surface area contributed by atoms with E-state index in [9.17, 15) is 50.2 Å². The Balaban J connectivity index is 1.73. The molecule has 2 aliphatic heterocycles. The van der Waals surface area contributed by atoms with Crippen LogP contribution in [0.25, 0.3) is 0 Å². The first-order valence-corrected chi connectivity index (χ1v) is 12.7. The molecule has 2 atom stereocenters. The van der Waals surface area contributed by atoms with Crippen LogP contribution in [0.15, 0.2) is 42.5 Å². The SMILES string of the molecule is O=C(Nc1cc2c(c3c1C(O)(c1ccc(F)cc1Cl)NC3=O)NC(=O)N(CC(F)F)C2Cl)c1cc(F)cc(C(F)(F)F)c1. The molecule has 4 N–H and O–H groups in total. The first-order chi connectivity index (χ1) is 20.0. The first-order valence-electron chi connectivity index (χ1n) is 11.9. The third kappa shape index (κ3) is 5.32. The average Bonchev–Trinajstić information content (AvgIpc) is 3.17. The van der Waals surface area contributed by atoms with Crippen LogP contribution in [0.1, 0.15) is 48.5 Å². The number of alkyl halides is 6. The lowest BCUT2D eigenvalue weighted by Gasteiger charge is -2.35. The molecule has 3 aromatic carbocycles. The lowest BCUT2D eigenvalue weighted by Crippen LogP contribution is -2.43. The fraction of sp³-hybridized carbons (Fsp3) is 0.192. The second-order valence-corrected chi connectivity index (χ2v) is 10.2. The molecule has 3 aromatic rings. The number of hydrogen-bond donors (Lipinski definition) is 4. The molecule has 17 heteroatoms. The van der Waals surface area contributed by atoms with Crippen LogP contribution in [-0.2, 0) is 11.9 Å². The zero-order valence-electron chi connectivity index (χ0n) is 20.9. The van der Waals surface area contributed by atoms with Crippen molar-refractivity contribution in [3.63, 3.8) is 0 Å². The van der Waals surface area contributed by atoms with E-state index in [-0.39, 0.29) is 22.9 Å². The monoisotopic (exact) mass is 650 g/mol. The van der Waals surface area contributed by atoms with Crippen molar-refractivity contribution in [1.29, 1.82) is 0 Å². The number of nitrogens with zero attached hydrogens (tertiary/aromatic N) is 1. The van der Waals surface area contributed by atoms with Gasteiger partial charge in [0.2, 0.25) is 0 Å². The van der Waals surface area contributed by atoms with Crippen molar-refractivity contribution in [2.75, 3.05) is 17.2 Å². The fourth-order valence-corrected chi connectivity index (χ4v) is 5.50. The molecule has 226 valence electrons. The molecule has 0 bridgehead atoms. The minimum Gasteiger partial charge on any atom is -0.363 e. The van der Waals surface area contributed by atoms with Gasteiger partial charge in [-0.3, -0.25) is 14.5 Å². The van der Waals surface area contributed by atoms with Gasteiger partial charge in [-0.2, -0.15) is 13.2 Å². The number of halogens is 9. The molecule has 0 aromatic heterocycles. The van der Waals surface area contributed by atoms with E-state index in [4.69, 9.17) is 23.2 Å². The standard InChI is InChI=1S/C26H15Cl2F7N4O4/c27-15-6-11(29)1-2-14(15)25(43)19-16(36-22(40)9-3-10(26(33,34)35)5-12(30)4-9)7-13-20(18(19)23(41)38-25)37-24(42)39(21(13)28)8-17(31)32/h1-7,17,21,43H,8H2,(H,36,40)(H,37,42)(H,38,41). The molecule has 8 nitrogen and oxygen atoms in total. The van der Waals surface area contributed by atoms with Crippen LogP contribution in [-0.4, -0.2) is 40.8 Å². The van der Waals surface area contributed by atoms with Gasteiger partial charge < -0.3 is 21.1 Å². The number of fused-ring (bicyclic) bond motifs is 3. The summed E-state index contributed by atoms with van der Waals surface area (Å²) >= 11 is 12.5. The largest absolute Gasteiger partial charge is 0.416 e. The third-order valence-corrected chi connectivity index (χ3v) is 7.44. The van der Waals surface area contributed by atoms with E-state index in [0.717, 1.165) is 24.3 Å². The number of rotatable bonds is 5. The van der Waals surface area contributed by atoms with Gasteiger partial charge >= 0.3 is 12.2 Å². The van der Waals surface area contributed by atoms with Gasteiger partial charge in [0.1, 0.15) is 17.1 Å². The maximum absolute atomic E-state index is 14.1. The summed E-state index contributed by atoms with van der Waals surface area (Å²) in [5.74, 6) is -4.69. The van der Waals surface area contributed by atoms with Crippen molar-refractivity contribution < 1.29 is 50.2 Å². The van der Waals surface area contributed by atoms with Crippen molar-refractivity contribution in [1.82, 2.24) is 10.2 Å². The van der Waals surface area contributed by atoms with Crippen LogP contribution in [0.2, 0.25) is 5.02 Å². The van der Waals surface area contributed by atoms with Crippen LogP contribution in [0.3, 0.4) is 0 Å². The molecule has 0 spiro atoms. The predicted octanol–water partition coefficient (Wildman–Crippen LogP) is 6.18. The molecule has 0 saturated carbocycles. The highest BCUT2D eigenvalue weighted by molar-refractivity contribution is 6.31. The second-order valence-electron chi connectivity index (χ2n) is 9.42. The van der Waals surface area contributed by atoms with Crippen LogP contribution in [0.4, 0.5) is 46.9 Å². The number of hydrogen-bond acceptors (Lipinski definition) is 4. The average molecular weight is 651 g/mol. The second kappa shape index (κ2) is 10.6. The third-order valence-electron chi connectivity index (χ3n) is 6.66. The van der Waals surface area contributed by atoms with Gasteiger partial charge in [0.25, 0.3) is 18.2 Å². The Morgan fingerprint density at radius 1 is 1.09 bits per heavy atom. The van der Waals surface area contributed by atoms with Crippen LogP contribution < -0.4 is 16.0 Å². The fourth-order valence-electron chi connectivity index (χ4n) is 4.85. The van der Waals surface area contributed by atoms with Crippen molar-refractivity contribution in [3.05, 3.63) is 92.5 Å². The molecular formula is C26H15Cl2F7N4O4. The van der Waals surface area contributed by atoms with Crippen LogP contribution in [0, 0.1) is 11.6 Å². The molecule has 0 aliphatic carbocycles. The van der Waals surface area contributed by atoms with E-state index in [2.05, 4.69) is 16.0 Å². The minimum absolute atomic E-state index is 0.156. The molecule has 0 saturated heterocycles. The maximum atomic E-state index is 14.1. The molecule has 2 unspecified atom stereocenters. The molecule has 43 heavy (non-hydrogen) atoms. The molecule has 5 rings (SSSR count). The zero-order chi connectivity index (χ0) is 31.6. The predicted molar refractivity (Wildman–Crippen MR) is 138 cm³/mol. The number of benzene rings is 3. The lowest BCUT2D eigenvalue weighted by molar-refractivity contribution is -0.137. The smallest absolute Gasteiger partial charge is 0.363 e. The van der Waals surface area contributed by atoms with E-state index in [1.165, 1.54) is 0 Å². The van der Waals surface area contributed by atoms with Crippen LogP contribution in [0.5, 0.6) is 0 Å². The highest BCUT2D eigenvalue weighted by Gasteiger charge is 2.50. The summed E-state index contributed by atoms with van der Waals surface area (Å²) in [6.07, 6.45) is -8.06. The molecule has 0 fully saturated rings. The van der Waals surface area contributed by atoms with Gasteiger partial charge in [0.05, 0.1) is 34.1 Å². The Morgan fingerprint density at radius 2 is 1.79 bits per heavy atom. The molecular weight excluding hydrogens is 636 g/mol. The summed E-state index contributed by atoms with van der Waals surface area (Å²) in [5, 5.41) is 18.0. The summed E-state index contributed by atoms with van der Waals surface area (Å²) in [7, 11) is 0. The van der Waals surface area contributed by atoms with Gasteiger partial charge in [-0.05, 0) is 42.5 Å². The van der Waals surface area contributed by atoms with Gasteiger partial charge in [0, 0.05) is 22.3 Å². The van der Waals surface area contributed by atoms with Crippen molar-refractivity contribution >= 4 is 52.4 Å². The summed E-state index contributed by atoms with van der Waals surface area (Å²) in [6, 6.07) is 3.49. The summed E-state index contributed by atoms with van der Waals surface area (Å²) in [5.41, 5.74) is -9.10. The molecule has 2 aliphatic rings. The Kier molecular flexibility index (Phi) is 7.47. The highest BCUT2D eigenvalue weighted by atomic mass is 35.5. The number of anilines is 2. The lowest BCUT2D eigenvalue weighted by atomic mass is 9.89. The zero-order valence-corrected chi connectivity index (χ0v) is 22.4. The minimum atomic E-state index is -5.03. The summed E-state index contributed by atoms with van der Waals surface area (Å²) in [6.45, 7) is -1.15. The number of aliphatic hydroxyl groups is 1. The maximum Gasteiger partial charge on any atom is 0.416 e. The highest BCUT2D eigenvalue weighted by Crippen LogP contribution is 2.50. The Labute approximate surface area is 246 Å². The van der Waals surface area contributed by atoms with E-state index in [1.807, 2.05) is 0 Å². The normalized spacial score (nSPS) is 19.6. The number of amides is 4.